The molecule has 10 heteroatoms. The molecule has 2 aliphatic rings. The van der Waals surface area contributed by atoms with Gasteiger partial charge in [-0.15, -0.1) is 0 Å². The van der Waals surface area contributed by atoms with Crippen molar-refractivity contribution < 1.29 is 19.0 Å². The first-order valence-corrected chi connectivity index (χ1v) is 10.0. The zero-order valence-electron chi connectivity index (χ0n) is 16.6. The van der Waals surface area contributed by atoms with E-state index in [-0.39, 0.29) is 23.2 Å². The lowest BCUT2D eigenvalue weighted by atomic mass is 9.73. The number of hydrogen-bond acceptors (Lipinski definition) is 6. The number of halogens is 1. The minimum absolute atomic E-state index is 0.202. The second kappa shape index (κ2) is 7.53. The largest absolute Gasteiger partial charge is 0.465 e. The van der Waals surface area contributed by atoms with Crippen molar-refractivity contribution in [2.45, 2.75) is 25.4 Å². The zero-order chi connectivity index (χ0) is 21.4. The second-order valence-electron chi connectivity index (χ2n) is 7.92. The minimum Gasteiger partial charge on any atom is -0.465 e. The molecule has 1 amide bonds. The maximum Gasteiger partial charge on any atom is 0.405 e. The Labute approximate surface area is 177 Å². The molecule has 1 saturated heterocycles. The van der Waals surface area contributed by atoms with Gasteiger partial charge in [-0.1, -0.05) is 6.07 Å². The summed E-state index contributed by atoms with van der Waals surface area (Å²) in [5, 5.41) is 16.4. The zero-order valence-corrected chi connectivity index (χ0v) is 16.6. The fourth-order valence-corrected chi connectivity index (χ4v) is 4.58. The molecule has 1 aromatic carbocycles. The second-order valence-corrected chi connectivity index (χ2v) is 7.92. The van der Waals surface area contributed by atoms with Crippen LogP contribution in [0, 0.1) is 11.2 Å². The maximum atomic E-state index is 13.3. The van der Waals surface area contributed by atoms with Gasteiger partial charge >= 0.3 is 6.09 Å². The molecule has 0 radical (unpaired) electrons. The van der Waals surface area contributed by atoms with Crippen LogP contribution in [0.4, 0.5) is 15.0 Å². The van der Waals surface area contributed by atoms with Crippen molar-refractivity contribution in [3.8, 4) is 11.6 Å². The smallest absolute Gasteiger partial charge is 0.405 e. The van der Waals surface area contributed by atoms with E-state index in [0.29, 0.717) is 12.3 Å². The summed E-state index contributed by atoms with van der Waals surface area (Å²) in [5.41, 5.74) is 0.710. The van der Waals surface area contributed by atoms with Crippen LogP contribution in [0.2, 0.25) is 0 Å². The molecule has 0 saturated carbocycles. The van der Waals surface area contributed by atoms with Gasteiger partial charge in [0.15, 0.2) is 0 Å². The summed E-state index contributed by atoms with van der Waals surface area (Å²) in [5.74, 6) is 0.987. The fraction of sp³-hybridized carbons (Fsp3) is 0.333. The summed E-state index contributed by atoms with van der Waals surface area (Å²) in [6, 6.07) is 7.45. The van der Waals surface area contributed by atoms with E-state index in [4.69, 9.17) is 4.74 Å². The molecule has 1 spiro atoms. The van der Waals surface area contributed by atoms with E-state index in [0.717, 1.165) is 37.4 Å². The Kier molecular flexibility index (Phi) is 4.68. The molecule has 4 heterocycles. The topological polar surface area (TPSA) is 105 Å². The third kappa shape index (κ3) is 3.65. The molecule has 9 nitrogen and oxygen atoms in total. The van der Waals surface area contributed by atoms with Gasteiger partial charge in [0.25, 0.3) is 0 Å². The third-order valence-corrected chi connectivity index (χ3v) is 6.11. The van der Waals surface area contributed by atoms with Gasteiger partial charge in [0.2, 0.25) is 5.88 Å². The van der Waals surface area contributed by atoms with Crippen molar-refractivity contribution in [3.63, 3.8) is 0 Å². The van der Waals surface area contributed by atoms with Crippen LogP contribution in [0.25, 0.3) is 0 Å². The Balaban J connectivity index is 1.26. The first kappa shape index (κ1) is 19.3. The van der Waals surface area contributed by atoms with Gasteiger partial charge in [-0.2, -0.15) is 5.10 Å². The predicted octanol–water partition coefficient (Wildman–Crippen LogP) is 3.21. The number of nitrogens with one attached hydrogen (secondary N) is 1. The quantitative estimate of drug-likeness (QED) is 0.662. The van der Waals surface area contributed by atoms with E-state index in [1.165, 1.54) is 18.3 Å². The number of aromatic nitrogens is 4. The van der Waals surface area contributed by atoms with Crippen molar-refractivity contribution in [1.82, 2.24) is 25.1 Å². The Bertz CT molecular complexity index is 1090. The molecule has 31 heavy (non-hydrogen) atoms. The molecule has 0 unspecified atom stereocenters. The maximum absolute atomic E-state index is 13.3. The van der Waals surface area contributed by atoms with Crippen LogP contribution in [-0.2, 0) is 6.54 Å². The summed E-state index contributed by atoms with van der Waals surface area (Å²) in [6.45, 7) is 2.14. The van der Waals surface area contributed by atoms with Gasteiger partial charge in [0, 0.05) is 37.3 Å². The summed E-state index contributed by atoms with van der Waals surface area (Å²) in [7, 11) is 0. The number of fused-ring (bicyclic) bond motifs is 1. The molecule has 0 aliphatic carbocycles. The standard InChI is InChI=1S/C21H21FN6O3/c22-14-2-1-3-15(10-14)31-18-12-23-17(11-24-18)27-8-5-21(6-9-27)13-28-16(4-7-25-28)19(21)26-20(29)30/h1-4,7,10-12,19,26H,5-6,8-9,13H2,(H,29,30)/t19-/m1/s1. The van der Waals surface area contributed by atoms with Crippen molar-refractivity contribution in [3.05, 3.63) is 60.4 Å². The molecule has 1 fully saturated rings. The number of rotatable bonds is 4. The van der Waals surface area contributed by atoms with E-state index >= 15 is 0 Å². The lowest BCUT2D eigenvalue weighted by Gasteiger charge is -2.42. The monoisotopic (exact) mass is 424 g/mol. The van der Waals surface area contributed by atoms with Crippen molar-refractivity contribution in [2.24, 2.45) is 5.41 Å². The number of hydrogen-bond donors (Lipinski definition) is 2. The number of nitrogens with zero attached hydrogens (tertiary/aromatic N) is 5. The molecule has 160 valence electrons. The first-order valence-electron chi connectivity index (χ1n) is 10.0. The molecular weight excluding hydrogens is 403 g/mol. The molecule has 2 N–H and O–H groups in total. The number of anilines is 1. The predicted molar refractivity (Wildman–Crippen MR) is 109 cm³/mol. The van der Waals surface area contributed by atoms with Gasteiger partial charge in [-0.05, 0) is 31.0 Å². The van der Waals surface area contributed by atoms with Gasteiger partial charge in [-0.25, -0.2) is 19.2 Å². The SMILES string of the molecule is O=C(O)N[C@@H]1c2ccnn2CC12CCN(c1cnc(Oc3cccc(F)c3)cn1)CC2. The molecule has 2 aliphatic heterocycles. The Morgan fingerprint density at radius 1 is 1.23 bits per heavy atom. The van der Waals surface area contributed by atoms with E-state index in [2.05, 4.69) is 25.3 Å². The molecular formula is C21H21FN6O3. The lowest BCUT2D eigenvalue weighted by molar-refractivity contribution is 0.133. The van der Waals surface area contributed by atoms with Crippen LogP contribution in [0.3, 0.4) is 0 Å². The van der Waals surface area contributed by atoms with Gasteiger partial charge in [0.05, 0.1) is 24.1 Å². The average molecular weight is 424 g/mol. The first-order chi connectivity index (χ1) is 15.0. The molecule has 5 rings (SSSR count). The van der Waals surface area contributed by atoms with Crippen molar-refractivity contribution in [1.29, 1.82) is 0 Å². The van der Waals surface area contributed by atoms with Crippen LogP contribution in [0.15, 0.2) is 48.9 Å². The summed E-state index contributed by atoms with van der Waals surface area (Å²) < 4.78 is 20.7. The molecule has 3 aromatic rings. The van der Waals surface area contributed by atoms with E-state index in [1.54, 1.807) is 24.5 Å². The number of carbonyl (C=O) groups is 1. The number of amides is 1. The summed E-state index contributed by atoms with van der Waals surface area (Å²) >= 11 is 0. The minimum atomic E-state index is -1.03. The van der Waals surface area contributed by atoms with E-state index in [9.17, 15) is 14.3 Å². The number of ether oxygens (including phenoxy) is 1. The molecule has 1 atom stereocenters. The highest BCUT2D eigenvalue weighted by molar-refractivity contribution is 5.65. The van der Waals surface area contributed by atoms with Crippen LogP contribution in [0.1, 0.15) is 24.6 Å². The van der Waals surface area contributed by atoms with Crippen LogP contribution < -0.4 is 15.0 Å². The van der Waals surface area contributed by atoms with Crippen molar-refractivity contribution in [2.75, 3.05) is 18.0 Å². The summed E-state index contributed by atoms with van der Waals surface area (Å²) in [6.07, 6.45) is 5.43. The van der Waals surface area contributed by atoms with Gasteiger partial charge < -0.3 is 20.1 Å². The molecule has 2 aromatic heterocycles. The highest BCUT2D eigenvalue weighted by Gasteiger charge is 2.49. The third-order valence-electron chi connectivity index (χ3n) is 6.11. The number of benzene rings is 1. The highest BCUT2D eigenvalue weighted by Crippen LogP contribution is 2.49. The normalized spacial score (nSPS) is 19.3. The van der Waals surface area contributed by atoms with E-state index in [1.807, 2.05) is 10.7 Å². The molecule has 0 bridgehead atoms. The Morgan fingerprint density at radius 3 is 2.77 bits per heavy atom. The van der Waals surface area contributed by atoms with E-state index < -0.39 is 6.09 Å². The summed E-state index contributed by atoms with van der Waals surface area (Å²) in [4.78, 5) is 22.2. The van der Waals surface area contributed by atoms with Gasteiger partial charge in [-0.3, -0.25) is 4.68 Å². The Morgan fingerprint density at radius 2 is 2.06 bits per heavy atom. The van der Waals surface area contributed by atoms with Crippen LogP contribution >= 0.6 is 0 Å². The van der Waals surface area contributed by atoms with Gasteiger partial charge in [0.1, 0.15) is 17.4 Å². The van der Waals surface area contributed by atoms with Crippen molar-refractivity contribution >= 4 is 11.9 Å². The number of carboxylic acid groups (broad SMARTS) is 1. The van der Waals surface area contributed by atoms with Crippen LogP contribution in [0.5, 0.6) is 11.6 Å². The van der Waals surface area contributed by atoms with Crippen LogP contribution in [-0.4, -0.2) is 44.0 Å². The lowest BCUT2D eigenvalue weighted by Crippen LogP contribution is -2.47. The number of piperidine rings is 1. The Hall–Kier alpha value is -3.69. The average Bonchev–Trinajstić information content (AvgIpc) is 3.30. The fourth-order valence-electron chi connectivity index (χ4n) is 4.58. The highest BCUT2D eigenvalue weighted by atomic mass is 19.1.